The van der Waals surface area contributed by atoms with E-state index in [4.69, 9.17) is 0 Å². The van der Waals surface area contributed by atoms with Gasteiger partial charge in [0.1, 0.15) is 11.1 Å². The van der Waals surface area contributed by atoms with Gasteiger partial charge in [-0.3, -0.25) is 4.68 Å². The number of nitriles is 1. The molecule has 0 aliphatic carbocycles. The summed E-state index contributed by atoms with van der Waals surface area (Å²) in [4.78, 5) is 5.05. The average Bonchev–Trinajstić information content (AvgIpc) is 3.44. The average molecular weight is 434 g/mol. The maximum Gasteiger partial charge on any atom is 0.155 e. The molecule has 1 saturated heterocycles. The minimum atomic E-state index is -0.394. The van der Waals surface area contributed by atoms with Crippen molar-refractivity contribution in [1.82, 2.24) is 29.7 Å². The van der Waals surface area contributed by atoms with Crippen LogP contribution in [0.15, 0.2) is 52.9 Å². The molecule has 5 rings (SSSR count). The molecule has 0 unspecified atom stereocenters. The largest absolute Gasteiger partial charge is 0.315 e. The van der Waals surface area contributed by atoms with E-state index in [-0.39, 0.29) is 5.03 Å². The summed E-state index contributed by atoms with van der Waals surface area (Å²) in [5.74, 6) is -0.394. The lowest BCUT2D eigenvalue weighted by molar-refractivity contribution is 0.347. The van der Waals surface area contributed by atoms with Crippen LogP contribution in [0.5, 0.6) is 0 Å². The summed E-state index contributed by atoms with van der Waals surface area (Å²) < 4.78 is 18.1. The van der Waals surface area contributed by atoms with Crippen LogP contribution in [0.1, 0.15) is 30.1 Å². The molecule has 1 fully saturated rings. The third-order valence-electron chi connectivity index (χ3n) is 5.44. The Kier molecular flexibility index (Phi) is 5.18. The van der Waals surface area contributed by atoms with Gasteiger partial charge in [0, 0.05) is 40.7 Å². The number of fused-ring (bicyclic) bond motifs is 1. The Morgan fingerprint density at radius 3 is 2.94 bits per heavy atom. The highest BCUT2D eigenvalue weighted by Crippen LogP contribution is 2.36. The third-order valence-corrected chi connectivity index (χ3v) is 6.45. The van der Waals surface area contributed by atoms with Gasteiger partial charge in [-0.25, -0.2) is 13.9 Å². The Morgan fingerprint density at radius 2 is 2.13 bits per heavy atom. The number of hydrogen-bond donors (Lipinski definition) is 1. The van der Waals surface area contributed by atoms with Gasteiger partial charge in [0.2, 0.25) is 0 Å². The van der Waals surface area contributed by atoms with Gasteiger partial charge >= 0.3 is 0 Å². The summed E-state index contributed by atoms with van der Waals surface area (Å²) in [6, 6.07) is 7.51. The molecule has 9 heteroatoms. The van der Waals surface area contributed by atoms with E-state index in [9.17, 15) is 9.65 Å². The highest BCUT2D eigenvalue weighted by atomic mass is 32.2. The Hall–Kier alpha value is -3.22. The Labute approximate surface area is 182 Å². The van der Waals surface area contributed by atoms with Crippen LogP contribution >= 0.6 is 11.8 Å². The van der Waals surface area contributed by atoms with Gasteiger partial charge in [0.25, 0.3) is 0 Å². The number of nitrogens with one attached hydrogen (secondary N) is 1. The third kappa shape index (κ3) is 3.80. The summed E-state index contributed by atoms with van der Waals surface area (Å²) in [7, 11) is 0. The van der Waals surface area contributed by atoms with Crippen molar-refractivity contribution in [3.63, 3.8) is 0 Å². The zero-order chi connectivity index (χ0) is 21.4. The molecule has 1 atom stereocenters. The highest BCUT2D eigenvalue weighted by Gasteiger charge is 2.19. The van der Waals surface area contributed by atoms with Crippen LogP contribution in [-0.4, -0.2) is 37.5 Å². The molecule has 156 valence electrons. The lowest BCUT2D eigenvalue weighted by atomic mass is 10.1. The lowest BCUT2D eigenvalue weighted by Crippen LogP contribution is -2.31. The quantitative estimate of drug-likeness (QED) is 0.524. The second-order valence-electron chi connectivity index (χ2n) is 7.61. The molecule has 5 heterocycles. The minimum absolute atomic E-state index is 0.271. The standard InChI is InChI=1S/C22H20FN7S/c1-14-4-5-19(23)22(28-14)31-20-7-15(12-30-21(20)16(8-24)9-27-30)17-10-26-29(13-17)18-3-2-6-25-11-18/h4-5,7,9-10,12-13,18,25H,2-3,6,11H2,1H3/t18-/m0/s1. The van der Waals surface area contributed by atoms with Gasteiger partial charge in [-0.1, -0.05) is 11.8 Å². The topological polar surface area (TPSA) is 83.8 Å². The molecule has 0 bridgehead atoms. The summed E-state index contributed by atoms with van der Waals surface area (Å²) in [6.45, 7) is 3.78. The number of pyridine rings is 2. The van der Waals surface area contributed by atoms with Gasteiger partial charge in [-0.15, -0.1) is 0 Å². The predicted octanol–water partition coefficient (Wildman–Crippen LogP) is 3.99. The molecule has 0 saturated carbocycles. The zero-order valence-corrected chi connectivity index (χ0v) is 17.7. The first-order valence-corrected chi connectivity index (χ1v) is 10.9. The number of aromatic nitrogens is 5. The van der Waals surface area contributed by atoms with Crippen molar-refractivity contribution in [2.24, 2.45) is 0 Å². The molecule has 0 spiro atoms. The van der Waals surface area contributed by atoms with Crippen LogP contribution in [0, 0.1) is 24.1 Å². The first-order valence-electron chi connectivity index (χ1n) is 10.1. The number of halogens is 1. The van der Waals surface area contributed by atoms with Crippen LogP contribution in [0.3, 0.4) is 0 Å². The minimum Gasteiger partial charge on any atom is -0.315 e. The molecule has 7 nitrogen and oxygen atoms in total. The number of hydrogen-bond acceptors (Lipinski definition) is 6. The van der Waals surface area contributed by atoms with Gasteiger partial charge in [0.05, 0.1) is 29.5 Å². The number of piperidine rings is 1. The monoisotopic (exact) mass is 433 g/mol. The Bertz CT molecular complexity index is 1300. The first kappa shape index (κ1) is 19.7. The second kappa shape index (κ2) is 8.13. The van der Waals surface area contributed by atoms with Crippen molar-refractivity contribution in [3.05, 3.63) is 60.1 Å². The summed E-state index contributed by atoms with van der Waals surface area (Å²) in [5, 5.41) is 22.1. The normalized spacial score (nSPS) is 16.5. The molecule has 4 aromatic rings. The van der Waals surface area contributed by atoms with Crippen LogP contribution in [0.4, 0.5) is 4.39 Å². The maximum absolute atomic E-state index is 14.4. The van der Waals surface area contributed by atoms with Gasteiger partial charge in [-0.05, 0) is 44.5 Å². The van der Waals surface area contributed by atoms with Crippen molar-refractivity contribution in [2.45, 2.75) is 35.7 Å². The molecule has 0 aromatic carbocycles. The molecule has 1 N–H and O–H groups in total. The fraction of sp³-hybridized carbons (Fsp3) is 0.273. The van der Waals surface area contributed by atoms with Gasteiger partial charge < -0.3 is 5.32 Å². The Morgan fingerprint density at radius 1 is 1.23 bits per heavy atom. The van der Waals surface area contributed by atoms with Crippen molar-refractivity contribution < 1.29 is 4.39 Å². The fourth-order valence-corrected chi connectivity index (χ4v) is 4.89. The number of nitrogens with zero attached hydrogens (tertiary/aromatic N) is 6. The van der Waals surface area contributed by atoms with E-state index in [0.29, 0.717) is 17.1 Å². The van der Waals surface area contributed by atoms with E-state index in [1.54, 1.807) is 10.6 Å². The molecular weight excluding hydrogens is 413 g/mol. The molecule has 4 aromatic heterocycles. The van der Waals surface area contributed by atoms with Crippen LogP contribution in [0.25, 0.3) is 16.6 Å². The second-order valence-corrected chi connectivity index (χ2v) is 8.64. The SMILES string of the molecule is Cc1ccc(F)c(Sc2cc(-c3cnn([C@H]4CCCNC4)c3)cn3ncc(C#N)c23)n1. The molecule has 31 heavy (non-hydrogen) atoms. The van der Waals surface area contributed by atoms with Crippen LogP contribution in [0.2, 0.25) is 0 Å². The number of rotatable bonds is 4. The molecule has 0 amide bonds. The van der Waals surface area contributed by atoms with E-state index in [1.807, 2.05) is 36.3 Å². The molecule has 1 aliphatic heterocycles. The van der Waals surface area contributed by atoms with E-state index < -0.39 is 5.82 Å². The Balaban J connectivity index is 1.58. The van der Waals surface area contributed by atoms with Crippen molar-refractivity contribution in [2.75, 3.05) is 13.1 Å². The van der Waals surface area contributed by atoms with E-state index >= 15 is 0 Å². The molecule has 1 aliphatic rings. The zero-order valence-electron chi connectivity index (χ0n) is 16.9. The maximum atomic E-state index is 14.4. The van der Waals surface area contributed by atoms with E-state index in [0.717, 1.165) is 47.6 Å². The smallest absolute Gasteiger partial charge is 0.155 e. The summed E-state index contributed by atoms with van der Waals surface area (Å²) >= 11 is 1.20. The summed E-state index contributed by atoms with van der Waals surface area (Å²) in [6.07, 6.45) is 9.50. The molecular formula is C22H20FN7S. The molecule has 0 radical (unpaired) electrons. The summed E-state index contributed by atoms with van der Waals surface area (Å²) in [5.41, 5.74) is 3.65. The predicted molar refractivity (Wildman–Crippen MR) is 115 cm³/mol. The van der Waals surface area contributed by atoms with Gasteiger partial charge in [0.15, 0.2) is 5.82 Å². The lowest BCUT2D eigenvalue weighted by Gasteiger charge is -2.22. The van der Waals surface area contributed by atoms with E-state index in [1.165, 1.54) is 24.0 Å². The highest BCUT2D eigenvalue weighted by molar-refractivity contribution is 7.99. The fourth-order valence-electron chi connectivity index (χ4n) is 3.84. The van der Waals surface area contributed by atoms with Gasteiger partial charge in [-0.2, -0.15) is 15.5 Å². The van der Waals surface area contributed by atoms with Crippen LogP contribution in [-0.2, 0) is 0 Å². The number of aryl methyl sites for hydroxylation is 1. The van der Waals surface area contributed by atoms with Crippen molar-refractivity contribution in [1.29, 1.82) is 5.26 Å². The van der Waals surface area contributed by atoms with E-state index in [2.05, 4.69) is 26.6 Å². The van der Waals surface area contributed by atoms with Crippen molar-refractivity contribution >= 4 is 17.3 Å². The van der Waals surface area contributed by atoms with Crippen molar-refractivity contribution in [3.8, 4) is 17.2 Å². The van der Waals surface area contributed by atoms with Crippen LogP contribution < -0.4 is 5.32 Å². The first-order chi connectivity index (χ1) is 15.1.